The van der Waals surface area contributed by atoms with Gasteiger partial charge in [-0.05, 0) is 61.6 Å². The number of esters is 2. The van der Waals surface area contributed by atoms with E-state index in [0.717, 1.165) is 16.5 Å². The molecular formula is C30H33N5O9. The number of nitrogens with two attached hydrogens (primary N) is 2. The Morgan fingerprint density at radius 3 is 2.52 bits per heavy atom. The predicted molar refractivity (Wildman–Crippen MR) is 156 cm³/mol. The third-order valence-corrected chi connectivity index (χ3v) is 7.45. The van der Waals surface area contributed by atoms with Crippen LogP contribution in [0.25, 0.3) is 22.3 Å². The molecule has 0 bridgehead atoms. The minimum atomic E-state index is -1.95. The third-order valence-electron chi connectivity index (χ3n) is 7.45. The molecule has 0 unspecified atom stereocenters. The number of aromatic nitrogens is 2. The summed E-state index contributed by atoms with van der Waals surface area (Å²) in [5, 5.41) is 3.12. The number of H-pyrrole nitrogens is 1. The van der Waals surface area contributed by atoms with Crippen LogP contribution in [0.1, 0.15) is 61.8 Å². The molecule has 14 heteroatoms. The van der Waals surface area contributed by atoms with E-state index in [1.165, 1.54) is 0 Å². The van der Waals surface area contributed by atoms with Crippen molar-refractivity contribution in [3.63, 3.8) is 0 Å². The maximum atomic E-state index is 13.3. The number of aromatic amines is 1. The molecule has 4 rings (SSSR count). The van der Waals surface area contributed by atoms with E-state index in [-0.39, 0.29) is 54.9 Å². The van der Waals surface area contributed by atoms with Crippen LogP contribution in [0.3, 0.4) is 0 Å². The second-order valence-electron chi connectivity index (χ2n) is 10.2. The van der Waals surface area contributed by atoms with Gasteiger partial charge in [-0.3, -0.25) is 19.2 Å². The number of aryl methyl sites for hydroxylation is 1. The molecule has 1 aromatic carbocycles. The Morgan fingerprint density at radius 1 is 1.11 bits per heavy atom. The van der Waals surface area contributed by atoms with E-state index in [1.54, 1.807) is 31.2 Å². The highest BCUT2D eigenvalue weighted by Crippen LogP contribution is 2.39. The number of rotatable bonds is 11. The van der Waals surface area contributed by atoms with Gasteiger partial charge in [-0.15, -0.1) is 0 Å². The van der Waals surface area contributed by atoms with E-state index in [2.05, 4.69) is 10.3 Å². The molecule has 1 aliphatic heterocycles. The summed E-state index contributed by atoms with van der Waals surface area (Å²) in [6.45, 7) is 4.49. The van der Waals surface area contributed by atoms with Crippen molar-refractivity contribution in [1.82, 2.24) is 15.3 Å². The van der Waals surface area contributed by atoms with E-state index in [4.69, 9.17) is 30.7 Å². The van der Waals surface area contributed by atoms with E-state index in [9.17, 15) is 28.8 Å². The molecule has 14 nitrogen and oxygen atoms in total. The summed E-state index contributed by atoms with van der Waals surface area (Å²) in [6, 6.07) is 6.42. The Labute approximate surface area is 251 Å². The Bertz CT molecular complexity index is 1730. The lowest BCUT2D eigenvalue weighted by atomic mass is 9.85. The Morgan fingerprint density at radius 2 is 1.86 bits per heavy atom. The number of benzene rings is 1. The fourth-order valence-electron chi connectivity index (χ4n) is 5.30. The highest BCUT2D eigenvalue weighted by molar-refractivity contribution is 5.90. The maximum absolute atomic E-state index is 13.3. The second kappa shape index (κ2) is 12.9. The minimum Gasteiger partial charge on any atom is -0.457 e. The predicted octanol–water partition coefficient (Wildman–Crippen LogP) is 1.90. The van der Waals surface area contributed by atoms with Gasteiger partial charge in [0.25, 0.3) is 5.56 Å². The van der Waals surface area contributed by atoms with E-state index in [0.29, 0.717) is 17.6 Å². The summed E-state index contributed by atoms with van der Waals surface area (Å²) >= 11 is 0. The Kier molecular flexibility index (Phi) is 9.31. The third kappa shape index (κ3) is 6.38. The van der Waals surface area contributed by atoms with Gasteiger partial charge in [0.2, 0.25) is 17.4 Å². The van der Waals surface area contributed by atoms with E-state index in [1.807, 2.05) is 13.8 Å². The summed E-state index contributed by atoms with van der Waals surface area (Å²) in [6.07, 6.45) is -0.235. The van der Waals surface area contributed by atoms with Crippen LogP contribution in [0, 0.1) is 6.92 Å². The first-order valence-corrected chi connectivity index (χ1v) is 14.0. The first-order chi connectivity index (χ1) is 20.9. The molecule has 232 valence electrons. The van der Waals surface area contributed by atoms with Crippen molar-refractivity contribution < 1.29 is 38.2 Å². The van der Waals surface area contributed by atoms with Crippen LogP contribution in [-0.2, 0) is 47.3 Å². The normalized spacial score (nSPS) is 15.7. The summed E-state index contributed by atoms with van der Waals surface area (Å²) in [5.41, 5.74) is 10.9. The Hall–Kier alpha value is -5.27. The SMILES string of the molecule is CCc1c(C)c(-c2cc3c(c(=O)[nH]2)COC(=O)[C@@]3(CC)OC(=O)CNC(=O)CCCC(N)=O)nc2ccc(OC(N)=O)cc12. The lowest BCUT2D eigenvalue weighted by Crippen LogP contribution is -2.48. The average molecular weight is 608 g/mol. The first-order valence-electron chi connectivity index (χ1n) is 14.0. The quantitative estimate of drug-likeness (QED) is 0.232. The van der Waals surface area contributed by atoms with Gasteiger partial charge in [0.15, 0.2) is 0 Å². The number of nitrogens with one attached hydrogen (secondary N) is 2. The van der Waals surface area contributed by atoms with Gasteiger partial charge in [-0.2, -0.15) is 0 Å². The smallest absolute Gasteiger partial charge is 0.409 e. The van der Waals surface area contributed by atoms with Crippen LogP contribution >= 0.6 is 0 Å². The van der Waals surface area contributed by atoms with Gasteiger partial charge >= 0.3 is 18.0 Å². The number of pyridine rings is 2. The van der Waals surface area contributed by atoms with Crippen molar-refractivity contribution in [1.29, 1.82) is 0 Å². The lowest BCUT2D eigenvalue weighted by molar-refractivity contribution is -0.189. The molecule has 44 heavy (non-hydrogen) atoms. The zero-order valence-corrected chi connectivity index (χ0v) is 24.5. The molecule has 0 saturated heterocycles. The molecular weight excluding hydrogens is 574 g/mol. The van der Waals surface area contributed by atoms with Crippen molar-refractivity contribution in [2.75, 3.05) is 6.54 Å². The summed E-state index contributed by atoms with van der Waals surface area (Å²) < 4.78 is 16.0. The number of carbonyl (C=O) groups excluding carboxylic acids is 5. The zero-order valence-electron chi connectivity index (χ0n) is 24.5. The summed E-state index contributed by atoms with van der Waals surface area (Å²) in [7, 11) is 0. The van der Waals surface area contributed by atoms with E-state index < -0.39 is 47.6 Å². The van der Waals surface area contributed by atoms with Crippen molar-refractivity contribution in [2.45, 2.75) is 65.1 Å². The Balaban J connectivity index is 1.72. The molecule has 0 saturated carbocycles. The fraction of sp³-hybridized carbons (Fsp3) is 0.367. The van der Waals surface area contributed by atoms with Crippen molar-refractivity contribution in [3.8, 4) is 17.1 Å². The van der Waals surface area contributed by atoms with Gasteiger partial charge in [-0.25, -0.2) is 14.6 Å². The molecule has 0 fully saturated rings. The average Bonchev–Trinajstić information content (AvgIpc) is 2.96. The molecule has 0 radical (unpaired) electrons. The lowest BCUT2D eigenvalue weighted by Gasteiger charge is -2.35. The monoisotopic (exact) mass is 607 g/mol. The van der Waals surface area contributed by atoms with Crippen LogP contribution in [0.5, 0.6) is 5.75 Å². The van der Waals surface area contributed by atoms with Crippen LogP contribution in [0.15, 0.2) is 29.1 Å². The summed E-state index contributed by atoms with van der Waals surface area (Å²) in [4.78, 5) is 81.2. The van der Waals surface area contributed by atoms with Gasteiger partial charge in [0, 0.05) is 23.8 Å². The number of fused-ring (bicyclic) bond motifs is 2. The van der Waals surface area contributed by atoms with Crippen molar-refractivity contribution >= 4 is 40.7 Å². The second-order valence-corrected chi connectivity index (χ2v) is 10.2. The highest BCUT2D eigenvalue weighted by atomic mass is 16.6. The molecule has 1 aliphatic rings. The van der Waals surface area contributed by atoms with Crippen molar-refractivity contribution in [2.24, 2.45) is 11.5 Å². The maximum Gasteiger partial charge on any atom is 0.409 e. The molecule has 1 atom stereocenters. The summed E-state index contributed by atoms with van der Waals surface area (Å²) in [5.74, 6) is -2.58. The molecule has 2 aromatic heterocycles. The number of nitrogens with zero attached hydrogens (tertiary/aromatic N) is 1. The number of ether oxygens (including phenoxy) is 3. The van der Waals surface area contributed by atoms with Crippen LogP contribution in [0.4, 0.5) is 4.79 Å². The number of primary amides is 2. The minimum absolute atomic E-state index is 0.0202. The molecule has 3 heterocycles. The van der Waals surface area contributed by atoms with Gasteiger partial charge in [0.1, 0.15) is 18.9 Å². The number of hydrogen-bond acceptors (Lipinski definition) is 10. The highest BCUT2D eigenvalue weighted by Gasteiger charge is 2.49. The van der Waals surface area contributed by atoms with Crippen LogP contribution in [-0.4, -0.2) is 46.4 Å². The topological polar surface area (TPSA) is 223 Å². The molecule has 0 aliphatic carbocycles. The first kappa shape index (κ1) is 31.7. The number of hydrogen-bond donors (Lipinski definition) is 4. The van der Waals surface area contributed by atoms with Gasteiger partial charge in [-0.1, -0.05) is 13.8 Å². The number of carbonyl (C=O) groups is 5. The van der Waals surface area contributed by atoms with Gasteiger partial charge in [0.05, 0.1) is 22.5 Å². The molecule has 3 amide bonds. The molecule has 0 spiro atoms. The largest absolute Gasteiger partial charge is 0.457 e. The van der Waals surface area contributed by atoms with Crippen LogP contribution in [0.2, 0.25) is 0 Å². The van der Waals surface area contributed by atoms with E-state index >= 15 is 0 Å². The fourth-order valence-corrected chi connectivity index (χ4v) is 5.30. The van der Waals surface area contributed by atoms with Crippen molar-refractivity contribution in [3.05, 3.63) is 56.9 Å². The van der Waals surface area contributed by atoms with Crippen LogP contribution < -0.4 is 27.1 Å². The molecule has 6 N–H and O–H groups in total. The number of cyclic esters (lactones) is 1. The standard InChI is InChI=1S/C30H33N5O9/c1-4-17-15(3)26(34-21-10-9-16(11-18(17)21)43-29(32)41)22-12-20-19(27(39)35-22)14-42-28(40)30(20,5-2)44-25(38)13-33-24(37)8-6-7-23(31)36/h9-12H,4-8,13-14H2,1-3H3,(H2,31,36)(H2,32,41)(H,33,37)(H,35,39)/t30-/m0/s1. The zero-order chi connectivity index (χ0) is 32.2. The molecule has 3 aromatic rings. The number of amides is 3. The van der Waals surface area contributed by atoms with Gasteiger partial charge < -0.3 is 36.0 Å².